The molecule has 1 N–H and O–H groups in total. The average Bonchev–Trinajstić information content (AvgIpc) is 3.50. The number of amides is 1. The molecule has 2 saturated heterocycles. The molecular weight excluding hydrogens is 386 g/mol. The lowest BCUT2D eigenvalue weighted by Crippen LogP contribution is -2.37. The molecule has 0 aliphatic carbocycles. The minimum atomic E-state index is 0.109. The van der Waals surface area contributed by atoms with Crippen LogP contribution in [0.3, 0.4) is 0 Å². The number of benzene rings is 2. The van der Waals surface area contributed by atoms with Crippen molar-refractivity contribution in [3.8, 4) is 5.75 Å². The van der Waals surface area contributed by atoms with E-state index < -0.39 is 0 Å². The van der Waals surface area contributed by atoms with Gasteiger partial charge in [-0.05, 0) is 62.1 Å². The Morgan fingerprint density at radius 3 is 2.77 bits per heavy atom. The zero-order valence-electron chi connectivity index (χ0n) is 18.1. The van der Waals surface area contributed by atoms with Crippen LogP contribution in [0.5, 0.6) is 5.75 Å². The van der Waals surface area contributed by atoms with Gasteiger partial charge < -0.3 is 14.6 Å². The number of ether oxygens (including phenoxy) is 1. The van der Waals surface area contributed by atoms with E-state index in [-0.39, 0.29) is 5.91 Å². The van der Waals surface area contributed by atoms with Crippen LogP contribution in [0.4, 0.5) is 0 Å². The van der Waals surface area contributed by atoms with E-state index in [9.17, 15) is 4.79 Å². The molecular formula is C26H31N3O2. The third-order valence-corrected chi connectivity index (χ3v) is 6.67. The van der Waals surface area contributed by atoms with Crippen molar-refractivity contribution in [3.63, 3.8) is 0 Å². The molecule has 2 aliphatic rings. The lowest BCUT2D eigenvalue weighted by molar-refractivity contribution is 0.0784. The van der Waals surface area contributed by atoms with E-state index >= 15 is 0 Å². The molecule has 2 aliphatic heterocycles. The number of H-pyrrole nitrogens is 1. The summed E-state index contributed by atoms with van der Waals surface area (Å²) in [5.74, 6) is 1.32. The summed E-state index contributed by atoms with van der Waals surface area (Å²) in [6.45, 7) is 5.51. The maximum absolute atomic E-state index is 12.9. The normalized spacial score (nSPS) is 19.7. The Morgan fingerprint density at radius 1 is 1.00 bits per heavy atom. The minimum absolute atomic E-state index is 0.109. The first-order valence-corrected chi connectivity index (χ1v) is 11.6. The predicted octanol–water partition coefficient (Wildman–Crippen LogP) is 4.69. The van der Waals surface area contributed by atoms with Crippen molar-refractivity contribution in [2.45, 2.75) is 32.2 Å². The quantitative estimate of drug-likeness (QED) is 0.633. The van der Waals surface area contributed by atoms with Gasteiger partial charge in [0.15, 0.2) is 0 Å². The molecule has 1 amide bonds. The fourth-order valence-electron chi connectivity index (χ4n) is 5.03. The Morgan fingerprint density at radius 2 is 1.87 bits per heavy atom. The van der Waals surface area contributed by atoms with E-state index in [2.05, 4.69) is 34.1 Å². The van der Waals surface area contributed by atoms with Crippen LogP contribution in [-0.4, -0.2) is 53.5 Å². The highest BCUT2D eigenvalue weighted by atomic mass is 16.5. The summed E-state index contributed by atoms with van der Waals surface area (Å²) in [7, 11) is 0. The highest BCUT2D eigenvalue weighted by Gasteiger charge is 2.24. The zero-order valence-corrected chi connectivity index (χ0v) is 18.1. The second-order valence-electron chi connectivity index (χ2n) is 8.91. The van der Waals surface area contributed by atoms with Gasteiger partial charge in [-0.2, -0.15) is 0 Å². The van der Waals surface area contributed by atoms with Gasteiger partial charge in [0.1, 0.15) is 5.75 Å². The summed E-state index contributed by atoms with van der Waals surface area (Å²) in [5, 5.41) is 1.32. The van der Waals surface area contributed by atoms with Crippen molar-refractivity contribution >= 4 is 16.8 Å². The fourth-order valence-corrected chi connectivity index (χ4v) is 5.03. The van der Waals surface area contributed by atoms with Crippen molar-refractivity contribution in [2.75, 3.05) is 32.8 Å². The van der Waals surface area contributed by atoms with Gasteiger partial charge in [-0.25, -0.2) is 0 Å². The van der Waals surface area contributed by atoms with Gasteiger partial charge in [-0.15, -0.1) is 0 Å². The summed E-state index contributed by atoms with van der Waals surface area (Å²) in [4.78, 5) is 20.7. The summed E-state index contributed by atoms with van der Waals surface area (Å²) < 4.78 is 6.23. The molecule has 2 fully saturated rings. The Bertz CT molecular complexity index is 1040. The number of piperidine rings is 1. The standard InChI is InChI=1S/C26H31N3O2/c30-26(29-15-3-4-16-29)23-9-1-2-11-25(23)31-19-20-7-6-14-28(17-20)18-21-8-5-10-24-22(21)12-13-27-24/h1-2,5,8-13,20,27H,3-4,6-7,14-19H2. The number of fused-ring (bicyclic) bond motifs is 1. The molecule has 3 aromatic rings. The van der Waals surface area contributed by atoms with Crippen LogP contribution in [0.15, 0.2) is 54.7 Å². The number of carbonyl (C=O) groups is 1. The average molecular weight is 418 g/mol. The highest BCUT2D eigenvalue weighted by molar-refractivity contribution is 5.97. The van der Waals surface area contributed by atoms with Crippen LogP contribution in [0.1, 0.15) is 41.6 Å². The van der Waals surface area contributed by atoms with Gasteiger partial charge in [-0.3, -0.25) is 9.69 Å². The topological polar surface area (TPSA) is 48.6 Å². The van der Waals surface area contributed by atoms with Crippen molar-refractivity contribution < 1.29 is 9.53 Å². The molecule has 5 nitrogen and oxygen atoms in total. The molecule has 5 heteroatoms. The van der Waals surface area contributed by atoms with Gasteiger partial charge in [0.05, 0.1) is 12.2 Å². The van der Waals surface area contributed by atoms with Gasteiger partial charge in [-0.1, -0.05) is 24.3 Å². The summed E-state index contributed by atoms with van der Waals surface area (Å²) in [6, 6.07) is 16.4. The third kappa shape index (κ3) is 4.47. The largest absolute Gasteiger partial charge is 0.492 e. The molecule has 0 bridgehead atoms. The molecule has 2 aromatic carbocycles. The van der Waals surface area contributed by atoms with Gasteiger partial charge in [0.2, 0.25) is 0 Å². The number of nitrogens with one attached hydrogen (secondary N) is 1. The molecule has 1 aromatic heterocycles. The fraction of sp³-hybridized carbons (Fsp3) is 0.423. The van der Waals surface area contributed by atoms with Crippen LogP contribution in [0.25, 0.3) is 10.9 Å². The van der Waals surface area contributed by atoms with Crippen LogP contribution < -0.4 is 4.74 Å². The molecule has 1 atom stereocenters. The van der Waals surface area contributed by atoms with Gasteiger partial charge in [0.25, 0.3) is 5.91 Å². The Kier molecular flexibility index (Phi) is 5.94. The van der Waals surface area contributed by atoms with Crippen LogP contribution in [-0.2, 0) is 6.54 Å². The molecule has 162 valence electrons. The Labute approximate surface area is 184 Å². The van der Waals surface area contributed by atoms with E-state index in [1.54, 1.807) is 0 Å². The number of hydrogen-bond donors (Lipinski definition) is 1. The van der Waals surface area contributed by atoms with E-state index in [1.807, 2.05) is 35.4 Å². The molecule has 0 saturated carbocycles. The SMILES string of the molecule is O=C(c1ccccc1OCC1CCCN(Cc2cccc3[nH]ccc23)C1)N1CCCC1. The Hall–Kier alpha value is -2.79. The zero-order chi connectivity index (χ0) is 21.0. The van der Waals surface area contributed by atoms with Crippen molar-refractivity contribution in [1.29, 1.82) is 0 Å². The van der Waals surface area contributed by atoms with E-state index in [1.165, 1.54) is 29.3 Å². The van der Waals surface area contributed by atoms with E-state index in [4.69, 9.17) is 4.74 Å². The lowest BCUT2D eigenvalue weighted by atomic mass is 9.98. The van der Waals surface area contributed by atoms with Crippen LogP contribution in [0.2, 0.25) is 0 Å². The summed E-state index contributed by atoms with van der Waals surface area (Å²) >= 11 is 0. The van der Waals surface area contributed by atoms with Crippen molar-refractivity contribution in [1.82, 2.24) is 14.8 Å². The highest BCUT2D eigenvalue weighted by Crippen LogP contribution is 2.26. The molecule has 0 radical (unpaired) electrons. The lowest BCUT2D eigenvalue weighted by Gasteiger charge is -2.33. The molecule has 31 heavy (non-hydrogen) atoms. The maximum Gasteiger partial charge on any atom is 0.257 e. The second kappa shape index (κ2) is 9.15. The number of aromatic nitrogens is 1. The van der Waals surface area contributed by atoms with Crippen molar-refractivity contribution in [2.24, 2.45) is 5.92 Å². The number of carbonyl (C=O) groups excluding carboxylic acids is 1. The third-order valence-electron chi connectivity index (χ3n) is 6.67. The van der Waals surface area contributed by atoms with Crippen LogP contribution in [0, 0.1) is 5.92 Å². The molecule has 5 rings (SSSR count). The van der Waals surface area contributed by atoms with E-state index in [0.717, 1.165) is 51.3 Å². The van der Waals surface area contributed by atoms with Gasteiger partial charge in [0, 0.05) is 49.2 Å². The second-order valence-corrected chi connectivity index (χ2v) is 8.91. The number of likely N-dealkylation sites (tertiary alicyclic amines) is 2. The van der Waals surface area contributed by atoms with E-state index in [0.29, 0.717) is 18.1 Å². The number of hydrogen-bond acceptors (Lipinski definition) is 3. The molecule has 3 heterocycles. The smallest absolute Gasteiger partial charge is 0.257 e. The molecule has 0 spiro atoms. The maximum atomic E-state index is 12.9. The Balaban J connectivity index is 1.21. The summed E-state index contributed by atoms with van der Waals surface area (Å²) in [6.07, 6.45) is 6.58. The summed E-state index contributed by atoms with van der Waals surface area (Å²) in [5.41, 5.74) is 3.28. The molecule has 1 unspecified atom stereocenters. The first kappa shape index (κ1) is 20.1. The first-order valence-electron chi connectivity index (χ1n) is 11.6. The number of nitrogens with zero attached hydrogens (tertiary/aromatic N) is 2. The minimum Gasteiger partial charge on any atom is -0.492 e. The first-order chi connectivity index (χ1) is 15.3. The van der Waals surface area contributed by atoms with Gasteiger partial charge >= 0.3 is 0 Å². The number of para-hydroxylation sites is 1. The van der Waals surface area contributed by atoms with Crippen LogP contribution >= 0.6 is 0 Å². The predicted molar refractivity (Wildman–Crippen MR) is 123 cm³/mol. The number of rotatable bonds is 6. The monoisotopic (exact) mass is 417 g/mol. The number of aromatic amines is 1. The van der Waals surface area contributed by atoms with Crippen molar-refractivity contribution in [3.05, 3.63) is 65.9 Å².